The average Bonchev–Trinajstić information content (AvgIpc) is 3.36. The van der Waals surface area contributed by atoms with Crippen LogP contribution in [0.2, 0.25) is 0 Å². The first kappa shape index (κ1) is 21.6. The zero-order valence-electron chi connectivity index (χ0n) is 17.7. The van der Waals surface area contributed by atoms with Gasteiger partial charge in [0.25, 0.3) is 5.69 Å². The molecule has 2 aromatic rings. The molecule has 3 heterocycles. The molecule has 4 atom stereocenters. The number of hydrogen-bond acceptors (Lipinski definition) is 8. The molecule has 170 valence electrons. The smallest absolute Gasteiger partial charge is 0.461 e. The summed E-state index contributed by atoms with van der Waals surface area (Å²) in [6, 6.07) is 8.72. The normalized spacial score (nSPS) is 27.1. The van der Waals surface area contributed by atoms with Gasteiger partial charge < -0.3 is 19.2 Å². The Morgan fingerprint density at radius 1 is 1.21 bits per heavy atom. The zero-order valence-corrected chi connectivity index (χ0v) is 17.7. The third-order valence-electron chi connectivity index (χ3n) is 6.81. The minimum Gasteiger partial charge on any atom is -0.461 e. The lowest BCUT2D eigenvalue weighted by molar-refractivity contribution is -0.384. The van der Waals surface area contributed by atoms with Crippen LogP contribution in [0.4, 0.5) is 11.4 Å². The summed E-state index contributed by atoms with van der Waals surface area (Å²) in [5.41, 5.74) is 1.35. The molecule has 2 saturated heterocycles. The lowest BCUT2D eigenvalue weighted by Crippen LogP contribution is -2.44. The fraction of sp³-hybridized carbons (Fsp3) is 0.364. The minimum atomic E-state index is -1.26. The quantitative estimate of drug-likeness (QED) is 0.311. The Morgan fingerprint density at radius 3 is 2.70 bits per heavy atom. The van der Waals surface area contributed by atoms with Gasteiger partial charge in [-0.2, -0.15) is 0 Å². The second kappa shape index (κ2) is 7.94. The number of aliphatic hydroxyl groups is 1. The molecule has 2 aliphatic heterocycles. The van der Waals surface area contributed by atoms with Gasteiger partial charge in [0.05, 0.1) is 22.4 Å². The van der Waals surface area contributed by atoms with Gasteiger partial charge in [-0.3, -0.25) is 19.7 Å². The first-order valence-corrected chi connectivity index (χ1v) is 10.6. The Kier molecular flexibility index (Phi) is 5.19. The van der Waals surface area contributed by atoms with Gasteiger partial charge in [0.15, 0.2) is 0 Å². The Bertz CT molecular complexity index is 1190. The Morgan fingerprint density at radius 2 is 2.00 bits per heavy atom. The number of carbonyl (C=O) groups excluding carboxylic acids is 2. The number of fused-ring (bicyclic) bond motifs is 3. The van der Waals surface area contributed by atoms with Crippen LogP contribution in [0.3, 0.4) is 0 Å². The van der Waals surface area contributed by atoms with Crippen LogP contribution in [0, 0.1) is 27.9 Å². The number of anilines is 1. The highest BCUT2D eigenvalue weighted by Crippen LogP contribution is 2.52. The highest BCUT2D eigenvalue weighted by atomic mass is 16.6. The molecule has 10 nitrogen and oxygen atoms in total. The highest BCUT2D eigenvalue weighted by Gasteiger charge is 2.58. The monoisotopic (exact) mass is 452 g/mol. The van der Waals surface area contributed by atoms with Gasteiger partial charge in [0.2, 0.25) is 11.8 Å². The molecule has 33 heavy (non-hydrogen) atoms. The van der Waals surface area contributed by atoms with Crippen LogP contribution >= 0.6 is 0 Å². The number of non-ortho nitro benzene ring substituents is 1. The Balaban J connectivity index is 1.51. The molecule has 2 N–H and O–H groups in total. The van der Waals surface area contributed by atoms with Crippen molar-refractivity contribution in [1.82, 2.24) is 0 Å². The maximum Gasteiger partial charge on any atom is 0.487 e. The number of carbonyl (C=O) groups is 2. The predicted octanol–water partition coefficient (Wildman–Crippen LogP) is 2.30. The van der Waals surface area contributed by atoms with Crippen LogP contribution in [0.25, 0.3) is 0 Å². The van der Waals surface area contributed by atoms with E-state index in [0.29, 0.717) is 29.8 Å². The van der Waals surface area contributed by atoms with E-state index in [4.69, 9.17) is 9.07 Å². The molecule has 5 rings (SSSR count). The van der Waals surface area contributed by atoms with Gasteiger partial charge in [0, 0.05) is 12.1 Å². The molecule has 0 unspecified atom stereocenters. The Labute approximate surface area is 188 Å². The van der Waals surface area contributed by atoms with Gasteiger partial charge in [-0.05, 0) is 49.4 Å². The molecule has 0 radical (unpaired) electrons. The highest BCUT2D eigenvalue weighted by molar-refractivity contribution is 6.53. The lowest BCUT2D eigenvalue weighted by Gasteiger charge is -2.40. The van der Waals surface area contributed by atoms with E-state index in [1.807, 2.05) is 6.92 Å². The number of benzene rings is 1. The number of nitrogens with zero attached hydrogens (tertiary/aromatic N) is 2. The molecule has 2 amide bonds. The third-order valence-corrected chi connectivity index (χ3v) is 6.81. The van der Waals surface area contributed by atoms with E-state index in [1.165, 1.54) is 24.3 Å². The van der Waals surface area contributed by atoms with Gasteiger partial charge in [0.1, 0.15) is 24.2 Å². The molecule has 3 aliphatic rings. The summed E-state index contributed by atoms with van der Waals surface area (Å²) in [6.07, 6.45) is -0.0479. The van der Waals surface area contributed by atoms with Crippen molar-refractivity contribution in [3.8, 4) is 0 Å². The topological polar surface area (TPSA) is 143 Å². The van der Waals surface area contributed by atoms with Crippen molar-refractivity contribution in [2.24, 2.45) is 17.8 Å². The van der Waals surface area contributed by atoms with Crippen molar-refractivity contribution in [3.63, 3.8) is 0 Å². The molecular formula is C22H21BN2O8. The van der Waals surface area contributed by atoms with Crippen LogP contribution in [-0.4, -0.2) is 34.0 Å². The maximum atomic E-state index is 13.5. The molecule has 0 saturated carbocycles. The second-order valence-corrected chi connectivity index (χ2v) is 8.64. The molecule has 1 aliphatic carbocycles. The average molecular weight is 452 g/mol. The summed E-state index contributed by atoms with van der Waals surface area (Å²) in [5, 5.41) is 31.2. The molecular weight excluding hydrogens is 431 g/mol. The first-order chi connectivity index (χ1) is 15.8. The minimum absolute atomic E-state index is 0.163. The zero-order chi connectivity index (χ0) is 23.4. The largest absolute Gasteiger partial charge is 0.487 e. The van der Waals surface area contributed by atoms with Crippen molar-refractivity contribution < 1.29 is 33.7 Å². The van der Waals surface area contributed by atoms with E-state index in [-0.39, 0.29) is 18.0 Å². The fourth-order valence-corrected chi connectivity index (χ4v) is 5.39. The number of amides is 2. The van der Waals surface area contributed by atoms with Crippen LogP contribution < -0.4 is 4.90 Å². The second-order valence-electron chi connectivity index (χ2n) is 8.64. The summed E-state index contributed by atoms with van der Waals surface area (Å²) in [6.45, 7) is 1.54. The van der Waals surface area contributed by atoms with E-state index in [0.717, 1.165) is 10.5 Å². The maximum absolute atomic E-state index is 13.5. The molecule has 2 fully saturated rings. The standard InChI is InChI=1S/C22H21BN2O8/c1-11-7-16-19(22(28)24(21(16)27)12-3-2-4-13(8-12)25(30)31)15-9-18(33-23(29)20(11)15)17-6-5-14(10-26)32-17/h2-6,8,15-16,18-19,26,29H,7,9-10H2,1H3/t15-,16-,18-,19+/m0/s1. The molecule has 11 heteroatoms. The number of nitro groups is 1. The van der Waals surface area contributed by atoms with Crippen LogP contribution in [-0.2, 0) is 20.9 Å². The van der Waals surface area contributed by atoms with E-state index in [1.54, 1.807) is 12.1 Å². The van der Waals surface area contributed by atoms with E-state index in [2.05, 4.69) is 0 Å². The number of furan rings is 1. The molecule has 1 aromatic carbocycles. The molecule has 1 aromatic heterocycles. The van der Waals surface area contributed by atoms with Gasteiger partial charge in [-0.15, -0.1) is 0 Å². The SMILES string of the molecule is CC1=C2B(O)O[C@H](c3ccc(CO)o3)C[C@H]2[C@H]2C(=O)N(c3cccc([N+](=O)[O-])c3)C(=O)[C@H]2C1. The van der Waals surface area contributed by atoms with Gasteiger partial charge >= 0.3 is 7.12 Å². The Hall–Kier alpha value is -3.28. The van der Waals surface area contributed by atoms with Crippen molar-refractivity contribution >= 4 is 30.3 Å². The number of allylic oxidation sites excluding steroid dienone is 2. The van der Waals surface area contributed by atoms with Crippen molar-refractivity contribution in [2.75, 3.05) is 4.90 Å². The number of imide groups is 1. The fourth-order valence-electron chi connectivity index (χ4n) is 5.39. The summed E-state index contributed by atoms with van der Waals surface area (Å²) in [5.74, 6) is -1.87. The van der Waals surface area contributed by atoms with Crippen LogP contribution in [0.1, 0.15) is 37.4 Å². The summed E-state index contributed by atoms with van der Waals surface area (Å²) < 4.78 is 11.4. The predicted molar refractivity (Wildman–Crippen MR) is 114 cm³/mol. The van der Waals surface area contributed by atoms with E-state index >= 15 is 0 Å². The van der Waals surface area contributed by atoms with Crippen molar-refractivity contribution in [3.05, 3.63) is 69.1 Å². The van der Waals surface area contributed by atoms with E-state index < -0.39 is 47.7 Å². The summed E-state index contributed by atoms with van der Waals surface area (Å²) >= 11 is 0. The number of rotatable bonds is 4. The third kappa shape index (κ3) is 3.40. The molecule has 0 bridgehead atoms. The van der Waals surface area contributed by atoms with Gasteiger partial charge in [-0.25, -0.2) is 4.90 Å². The first-order valence-electron chi connectivity index (χ1n) is 10.6. The lowest BCUT2D eigenvalue weighted by atomic mass is 9.55. The van der Waals surface area contributed by atoms with Crippen LogP contribution in [0.5, 0.6) is 0 Å². The number of hydrogen-bond donors (Lipinski definition) is 2. The van der Waals surface area contributed by atoms with Gasteiger partial charge in [-0.1, -0.05) is 11.6 Å². The van der Waals surface area contributed by atoms with Crippen molar-refractivity contribution in [2.45, 2.75) is 32.5 Å². The van der Waals surface area contributed by atoms with Crippen molar-refractivity contribution in [1.29, 1.82) is 0 Å². The van der Waals surface area contributed by atoms with Crippen LogP contribution in [0.15, 0.2) is 51.9 Å². The van der Waals surface area contributed by atoms with E-state index in [9.17, 15) is 29.8 Å². The summed E-state index contributed by atoms with van der Waals surface area (Å²) in [4.78, 5) is 38.5. The number of aliphatic hydroxyl groups excluding tert-OH is 1. The summed E-state index contributed by atoms with van der Waals surface area (Å²) in [7, 11) is -1.26. The molecule has 0 spiro atoms. The number of nitro benzene ring substituents is 1.